The smallest absolute Gasteiger partial charge is 0.434 e. The number of hydrogen-bond donors (Lipinski definition) is 2. The third-order valence-corrected chi connectivity index (χ3v) is 3.43. The summed E-state index contributed by atoms with van der Waals surface area (Å²) >= 11 is 11.7. The van der Waals surface area contributed by atoms with E-state index in [1.54, 1.807) is 0 Å². The molecule has 0 aliphatic heterocycles. The Morgan fingerprint density at radius 1 is 1.23 bits per heavy atom. The zero-order valence-electron chi connectivity index (χ0n) is 10.4. The summed E-state index contributed by atoms with van der Waals surface area (Å²) < 4.78 is 39.0. The molecule has 116 valence electrons. The van der Waals surface area contributed by atoms with Crippen LogP contribution in [0.25, 0.3) is 11.3 Å². The van der Waals surface area contributed by atoms with Crippen molar-refractivity contribution in [2.75, 3.05) is 5.73 Å². The number of carboxylic acids is 1. The van der Waals surface area contributed by atoms with Gasteiger partial charge in [-0.15, -0.1) is 0 Å². The maximum Gasteiger partial charge on any atom is 0.434 e. The molecule has 22 heavy (non-hydrogen) atoms. The zero-order valence-corrected chi connectivity index (χ0v) is 12.0. The molecule has 1 aromatic carbocycles. The van der Waals surface area contributed by atoms with Gasteiger partial charge in [0.05, 0.1) is 15.7 Å². The van der Waals surface area contributed by atoms with Crippen LogP contribution in [-0.4, -0.2) is 21.0 Å². The van der Waals surface area contributed by atoms with Gasteiger partial charge in [0.25, 0.3) is 0 Å². The Kier molecular flexibility index (Phi) is 4.17. The number of benzene rings is 1. The molecule has 0 amide bonds. The second kappa shape index (κ2) is 5.62. The van der Waals surface area contributed by atoms with Gasteiger partial charge in [-0.2, -0.15) is 13.2 Å². The van der Waals surface area contributed by atoms with Crippen LogP contribution in [0.15, 0.2) is 18.2 Å². The van der Waals surface area contributed by atoms with E-state index in [1.165, 1.54) is 18.2 Å². The number of halogens is 5. The summed E-state index contributed by atoms with van der Waals surface area (Å²) in [5, 5.41) is 9.01. The second-order valence-electron chi connectivity index (χ2n) is 4.06. The maximum atomic E-state index is 13.0. The molecule has 0 bridgehead atoms. The first-order valence-corrected chi connectivity index (χ1v) is 6.31. The lowest BCUT2D eigenvalue weighted by Gasteiger charge is -2.14. The van der Waals surface area contributed by atoms with Crippen molar-refractivity contribution in [3.63, 3.8) is 0 Å². The summed E-state index contributed by atoms with van der Waals surface area (Å²) in [5.74, 6) is -2.60. The molecule has 0 unspecified atom stereocenters. The molecule has 0 fully saturated rings. The SMILES string of the molecule is Nc1nc(-c2cccc(Cl)c2Cl)c(C(=O)O)c(C(F)(F)F)n1. The topological polar surface area (TPSA) is 89.1 Å². The van der Waals surface area contributed by atoms with Crippen LogP contribution in [0, 0.1) is 0 Å². The molecule has 10 heteroatoms. The quantitative estimate of drug-likeness (QED) is 0.859. The van der Waals surface area contributed by atoms with Gasteiger partial charge in [-0.05, 0) is 6.07 Å². The number of carbonyl (C=O) groups is 1. The van der Waals surface area contributed by atoms with Gasteiger partial charge >= 0.3 is 12.1 Å². The number of hydrogen-bond acceptors (Lipinski definition) is 4. The average Bonchev–Trinajstić information content (AvgIpc) is 2.39. The summed E-state index contributed by atoms with van der Waals surface area (Å²) in [6.45, 7) is 0. The van der Waals surface area contributed by atoms with E-state index in [9.17, 15) is 18.0 Å². The molecule has 0 radical (unpaired) electrons. The number of rotatable bonds is 2. The summed E-state index contributed by atoms with van der Waals surface area (Å²) in [5.41, 5.74) is 1.81. The average molecular weight is 352 g/mol. The van der Waals surface area contributed by atoms with Gasteiger partial charge in [0, 0.05) is 5.56 Å². The Bertz CT molecular complexity index is 766. The van der Waals surface area contributed by atoms with Crippen LogP contribution in [0.4, 0.5) is 19.1 Å². The number of aromatic carboxylic acids is 1. The number of nitrogens with two attached hydrogens (primary N) is 1. The van der Waals surface area contributed by atoms with Crippen LogP contribution in [0.2, 0.25) is 10.0 Å². The fourth-order valence-electron chi connectivity index (χ4n) is 1.77. The van der Waals surface area contributed by atoms with Crippen LogP contribution in [0.3, 0.4) is 0 Å². The number of carboxylic acid groups (broad SMARTS) is 1. The van der Waals surface area contributed by atoms with Gasteiger partial charge in [0.15, 0.2) is 5.69 Å². The lowest BCUT2D eigenvalue weighted by atomic mass is 10.0. The Morgan fingerprint density at radius 2 is 1.86 bits per heavy atom. The van der Waals surface area contributed by atoms with Gasteiger partial charge in [0.1, 0.15) is 5.56 Å². The van der Waals surface area contributed by atoms with Crippen LogP contribution >= 0.6 is 23.2 Å². The Hall–Kier alpha value is -2.06. The fraction of sp³-hybridized carbons (Fsp3) is 0.0833. The lowest BCUT2D eigenvalue weighted by molar-refractivity contribution is -0.141. The summed E-state index contributed by atoms with van der Waals surface area (Å²) in [6, 6.07) is 4.06. The summed E-state index contributed by atoms with van der Waals surface area (Å²) in [7, 11) is 0. The Balaban J connectivity index is 2.89. The van der Waals surface area contributed by atoms with E-state index >= 15 is 0 Å². The first kappa shape index (κ1) is 16.3. The normalized spacial score (nSPS) is 11.5. The van der Waals surface area contributed by atoms with E-state index in [1.807, 2.05) is 0 Å². The molecule has 0 aliphatic rings. The van der Waals surface area contributed by atoms with E-state index in [0.29, 0.717) is 0 Å². The molecule has 0 atom stereocenters. The van der Waals surface area contributed by atoms with E-state index < -0.39 is 35.0 Å². The highest BCUT2D eigenvalue weighted by Gasteiger charge is 2.40. The van der Waals surface area contributed by atoms with Gasteiger partial charge in [-0.1, -0.05) is 35.3 Å². The highest BCUT2D eigenvalue weighted by Crippen LogP contribution is 2.39. The van der Waals surface area contributed by atoms with Crippen LogP contribution in [0.1, 0.15) is 16.1 Å². The van der Waals surface area contributed by atoms with E-state index in [2.05, 4.69) is 9.97 Å². The molecule has 0 saturated carbocycles. The van der Waals surface area contributed by atoms with Crippen molar-refractivity contribution in [2.45, 2.75) is 6.18 Å². The molecule has 5 nitrogen and oxygen atoms in total. The Labute approximate surface area is 131 Å². The minimum Gasteiger partial charge on any atom is -0.478 e. The van der Waals surface area contributed by atoms with Crippen LogP contribution in [-0.2, 0) is 6.18 Å². The maximum absolute atomic E-state index is 13.0. The molecule has 3 N–H and O–H groups in total. The number of nitrogens with zero attached hydrogens (tertiary/aromatic N) is 2. The molecule has 0 aliphatic carbocycles. The van der Waals surface area contributed by atoms with Gasteiger partial charge < -0.3 is 10.8 Å². The molecule has 0 saturated heterocycles. The fourth-order valence-corrected chi connectivity index (χ4v) is 2.16. The molecule has 2 rings (SSSR count). The molecule has 2 aromatic rings. The highest BCUT2D eigenvalue weighted by atomic mass is 35.5. The third-order valence-electron chi connectivity index (χ3n) is 2.62. The van der Waals surface area contributed by atoms with Crippen molar-refractivity contribution in [3.05, 3.63) is 39.5 Å². The van der Waals surface area contributed by atoms with Crippen molar-refractivity contribution in [3.8, 4) is 11.3 Å². The number of nitrogen functional groups attached to an aromatic ring is 1. The van der Waals surface area contributed by atoms with Crippen molar-refractivity contribution < 1.29 is 23.1 Å². The van der Waals surface area contributed by atoms with Crippen molar-refractivity contribution >= 4 is 35.1 Å². The molecular formula is C12H6Cl2F3N3O2. The lowest BCUT2D eigenvalue weighted by Crippen LogP contribution is -2.19. The third kappa shape index (κ3) is 2.93. The predicted octanol–water partition coefficient (Wildman–Crippen LogP) is 3.75. The molecule has 0 spiro atoms. The number of alkyl halides is 3. The molecule has 1 heterocycles. The monoisotopic (exact) mass is 351 g/mol. The first-order valence-electron chi connectivity index (χ1n) is 5.55. The summed E-state index contributed by atoms with van der Waals surface area (Å²) in [6.07, 6.45) is -5.02. The van der Waals surface area contributed by atoms with Crippen molar-refractivity contribution in [1.82, 2.24) is 9.97 Å². The standard InChI is InChI=1S/C12H6Cl2F3N3O2/c13-5-3-1-2-4(7(5)14)8-6(10(21)22)9(12(15,16)17)20-11(18)19-8/h1-3H,(H,21,22)(H2,18,19,20). The van der Waals surface area contributed by atoms with Gasteiger partial charge in [-0.3, -0.25) is 0 Å². The number of aromatic nitrogens is 2. The highest BCUT2D eigenvalue weighted by molar-refractivity contribution is 6.43. The predicted molar refractivity (Wildman–Crippen MR) is 73.9 cm³/mol. The largest absolute Gasteiger partial charge is 0.478 e. The minimum atomic E-state index is -5.02. The Morgan fingerprint density at radius 3 is 2.41 bits per heavy atom. The van der Waals surface area contributed by atoms with E-state index in [0.717, 1.165) is 0 Å². The minimum absolute atomic E-state index is 0.0289. The first-order chi connectivity index (χ1) is 10.1. The van der Waals surface area contributed by atoms with Gasteiger partial charge in [-0.25, -0.2) is 14.8 Å². The van der Waals surface area contributed by atoms with Crippen molar-refractivity contribution in [1.29, 1.82) is 0 Å². The van der Waals surface area contributed by atoms with Crippen LogP contribution < -0.4 is 5.73 Å². The second-order valence-corrected chi connectivity index (χ2v) is 4.84. The molecular weight excluding hydrogens is 346 g/mol. The molecule has 1 aromatic heterocycles. The van der Waals surface area contributed by atoms with Gasteiger partial charge in [0.2, 0.25) is 5.95 Å². The van der Waals surface area contributed by atoms with Crippen molar-refractivity contribution in [2.24, 2.45) is 0 Å². The summed E-state index contributed by atoms with van der Waals surface area (Å²) in [4.78, 5) is 17.8. The van der Waals surface area contributed by atoms with E-state index in [-0.39, 0.29) is 15.6 Å². The van der Waals surface area contributed by atoms with E-state index in [4.69, 9.17) is 34.0 Å². The van der Waals surface area contributed by atoms with Crippen LogP contribution in [0.5, 0.6) is 0 Å². The zero-order chi connectivity index (χ0) is 16.7. The number of anilines is 1.